The van der Waals surface area contributed by atoms with Crippen molar-refractivity contribution < 1.29 is 9.59 Å². The van der Waals surface area contributed by atoms with Gasteiger partial charge in [-0.1, -0.05) is 13.3 Å². The summed E-state index contributed by atoms with van der Waals surface area (Å²) in [6.07, 6.45) is 3.79. The van der Waals surface area contributed by atoms with E-state index in [4.69, 9.17) is 0 Å². The Hall–Kier alpha value is -1.10. The van der Waals surface area contributed by atoms with Crippen molar-refractivity contribution in [1.82, 2.24) is 16.0 Å². The van der Waals surface area contributed by atoms with Crippen LogP contribution in [0.1, 0.15) is 39.5 Å². The highest BCUT2D eigenvalue weighted by Gasteiger charge is 2.38. The zero-order valence-corrected chi connectivity index (χ0v) is 11.5. The van der Waals surface area contributed by atoms with E-state index in [1.54, 1.807) is 0 Å². The maximum Gasteiger partial charge on any atom is 0.226 e. The first-order chi connectivity index (χ1) is 8.60. The van der Waals surface area contributed by atoms with E-state index in [2.05, 4.69) is 22.9 Å². The summed E-state index contributed by atoms with van der Waals surface area (Å²) in [4.78, 5) is 23.0. The van der Waals surface area contributed by atoms with Crippen LogP contribution in [0.5, 0.6) is 0 Å². The quantitative estimate of drug-likeness (QED) is 0.602. The molecule has 1 aliphatic heterocycles. The molecule has 1 fully saturated rings. The predicted octanol–water partition coefficient (Wildman–Crippen LogP) is 0.409. The molecule has 1 heterocycles. The Morgan fingerprint density at radius 3 is 2.33 bits per heavy atom. The number of amides is 2. The third-order valence-electron chi connectivity index (χ3n) is 3.56. The van der Waals surface area contributed by atoms with Crippen molar-refractivity contribution in [2.75, 3.05) is 26.2 Å². The van der Waals surface area contributed by atoms with Crippen LogP contribution in [0.15, 0.2) is 0 Å². The first-order valence-electron chi connectivity index (χ1n) is 6.84. The predicted molar refractivity (Wildman–Crippen MR) is 71.1 cm³/mol. The van der Waals surface area contributed by atoms with E-state index < -0.39 is 0 Å². The average Bonchev–Trinajstić information content (AvgIpc) is 2.35. The molecule has 0 atom stereocenters. The fourth-order valence-corrected chi connectivity index (χ4v) is 2.58. The second-order valence-corrected chi connectivity index (χ2v) is 5.02. The highest BCUT2D eigenvalue weighted by Crippen LogP contribution is 2.34. The smallest absolute Gasteiger partial charge is 0.226 e. The first-order valence-corrected chi connectivity index (χ1v) is 6.84. The maximum absolute atomic E-state index is 12.3. The van der Waals surface area contributed by atoms with Gasteiger partial charge in [0, 0.05) is 20.0 Å². The third-order valence-corrected chi connectivity index (χ3v) is 3.56. The summed E-state index contributed by atoms with van der Waals surface area (Å²) >= 11 is 0. The minimum absolute atomic E-state index is 0.0608. The molecule has 5 heteroatoms. The first kappa shape index (κ1) is 15.0. The minimum Gasteiger partial charge on any atom is -0.355 e. The molecule has 0 aromatic carbocycles. The van der Waals surface area contributed by atoms with Crippen molar-refractivity contribution in [3.63, 3.8) is 0 Å². The second-order valence-electron chi connectivity index (χ2n) is 5.02. The molecule has 0 aromatic rings. The molecule has 1 saturated heterocycles. The molecule has 0 bridgehead atoms. The number of carbonyl (C=O) groups excluding carboxylic acids is 2. The van der Waals surface area contributed by atoms with Crippen LogP contribution in [0.4, 0.5) is 0 Å². The highest BCUT2D eigenvalue weighted by atomic mass is 16.2. The third kappa shape index (κ3) is 4.29. The molecule has 0 unspecified atom stereocenters. The summed E-state index contributed by atoms with van der Waals surface area (Å²) in [6, 6.07) is 0. The van der Waals surface area contributed by atoms with Gasteiger partial charge in [0.25, 0.3) is 0 Å². The van der Waals surface area contributed by atoms with Gasteiger partial charge in [-0.15, -0.1) is 0 Å². The van der Waals surface area contributed by atoms with Gasteiger partial charge < -0.3 is 16.0 Å². The Morgan fingerprint density at radius 1 is 1.17 bits per heavy atom. The lowest BCUT2D eigenvalue weighted by Gasteiger charge is -2.36. The number of hydrogen-bond acceptors (Lipinski definition) is 3. The van der Waals surface area contributed by atoms with Crippen molar-refractivity contribution in [3.05, 3.63) is 0 Å². The number of rotatable bonds is 6. The van der Waals surface area contributed by atoms with Crippen molar-refractivity contribution in [1.29, 1.82) is 0 Å². The van der Waals surface area contributed by atoms with Gasteiger partial charge in [-0.3, -0.25) is 9.59 Å². The Labute approximate surface area is 109 Å². The molecule has 0 radical (unpaired) electrons. The normalized spacial score (nSPS) is 18.1. The number of piperidine rings is 1. The van der Waals surface area contributed by atoms with E-state index in [1.807, 2.05) is 0 Å². The molecule has 104 valence electrons. The molecule has 1 aliphatic rings. The molecule has 18 heavy (non-hydrogen) atoms. The number of hydrogen-bond donors (Lipinski definition) is 3. The van der Waals surface area contributed by atoms with Crippen LogP contribution in [0.3, 0.4) is 0 Å². The molecular weight excluding hydrogens is 230 g/mol. The van der Waals surface area contributed by atoms with Gasteiger partial charge in [0.2, 0.25) is 11.8 Å². The van der Waals surface area contributed by atoms with Crippen LogP contribution < -0.4 is 16.0 Å². The maximum atomic E-state index is 12.3. The summed E-state index contributed by atoms with van der Waals surface area (Å²) in [7, 11) is 0. The van der Waals surface area contributed by atoms with Gasteiger partial charge in [-0.25, -0.2) is 0 Å². The van der Waals surface area contributed by atoms with Crippen LogP contribution in [-0.4, -0.2) is 38.0 Å². The van der Waals surface area contributed by atoms with Gasteiger partial charge in [-0.2, -0.15) is 0 Å². The van der Waals surface area contributed by atoms with E-state index in [1.165, 1.54) is 6.92 Å². The van der Waals surface area contributed by atoms with Crippen molar-refractivity contribution in [3.8, 4) is 0 Å². The Bertz CT molecular complexity index is 280. The average molecular weight is 255 g/mol. The van der Waals surface area contributed by atoms with Gasteiger partial charge in [0.1, 0.15) is 0 Å². The molecule has 0 saturated carbocycles. The van der Waals surface area contributed by atoms with Crippen molar-refractivity contribution in [2.24, 2.45) is 5.41 Å². The largest absolute Gasteiger partial charge is 0.355 e. The van der Waals surface area contributed by atoms with E-state index >= 15 is 0 Å². The fourth-order valence-electron chi connectivity index (χ4n) is 2.58. The Kier molecular flexibility index (Phi) is 6.12. The lowest BCUT2D eigenvalue weighted by Crippen LogP contribution is -2.48. The summed E-state index contributed by atoms with van der Waals surface area (Å²) in [5, 5.41) is 8.93. The molecule has 3 N–H and O–H groups in total. The Morgan fingerprint density at radius 2 is 1.78 bits per heavy atom. The van der Waals surface area contributed by atoms with Crippen LogP contribution in [0.25, 0.3) is 0 Å². The standard InChI is InChI=1S/C13H25N3O2/c1-3-4-13(5-7-14-8-6-13)12(18)16-10-9-15-11(2)17/h14H,3-10H2,1-2H3,(H,15,17)(H,16,18). The topological polar surface area (TPSA) is 70.2 Å². The summed E-state index contributed by atoms with van der Waals surface area (Å²) in [5.41, 5.74) is -0.198. The van der Waals surface area contributed by atoms with Crippen LogP contribution >= 0.6 is 0 Å². The zero-order valence-electron chi connectivity index (χ0n) is 11.5. The summed E-state index contributed by atoms with van der Waals surface area (Å²) in [5.74, 6) is 0.0885. The second kappa shape index (κ2) is 7.36. The van der Waals surface area contributed by atoms with Crippen LogP contribution in [0.2, 0.25) is 0 Å². The van der Waals surface area contributed by atoms with Crippen molar-refractivity contribution in [2.45, 2.75) is 39.5 Å². The van der Waals surface area contributed by atoms with Crippen molar-refractivity contribution >= 4 is 11.8 Å². The molecule has 0 aliphatic carbocycles. The lowest BCUT2D eigenvalue weighted by atomic mass is 9.74. The molecule has 0 aromatic heterocycles. The number of nitrogens with one attached hydrogen (secondary N) is 3. The van der Waals surface area contributed by atoms with E-state index in [0.29, 0.717) is 13.1 Å². The van der Waals surface area contributed by atoms with Crippen LogP contribution in [-0.2, 0) is 9.59 Å². The zero-order chi connectivity index (χ0) is 13.4. The molecule has 5 nitrogen and oxygen atoms in total. The highest BCUT2D eigenvalue weighted by molar-refractivity contribution is 5.82. The van der Waals surface area contributed by atoms with Gasteiger partial charge in [0.15, 0.2) is 0 Å². The fraction of sp³-hybridized carbons (Fsp3) is 0.846. The van der Waals surface area contributed by atoms with E-state index in [-0.39, 0.29) is 17.2 Å². The van der Waals surface area contributed by atoms with Crippen LogP contribution in [0, 0.1) is 5.41 Å². The summed E-state index contributed by atoms with van der Waals surface area (Å²) in [6.45, 7) is 6.44. The number of carbonyl (C=O) groups is 2. The SMILES string of the molecule is CCCC1(C(=O)NCCNC(C)=O)CCNCC1. The Balaban J connectivity index is 2.42. The molecule has 1 rings (SSSR count). The minimum atomic E-state index is -0.198. The molecular formula is C13H25N3O2. The van der Waals surface area contributed by atoms with E-state index in [0.717, 1.165) is 38.8 Å². The molecule has 2 amide bonds. The van der Waals surface area contributed by atoms with Gasteiger partial charge >= 0.3 is 0 Å². The van der Waals surface area contributed by atoms with E-state index in [9.17, 15) is 9.59 Å². The summed E-state index contributed by atoms with van der Waals surface area (Å²) < 4.78 is 0. The van der Waals surface area contributed by atoms with Gasteiger partial charge in [-0.05, 0) is 32.4 Å². The van der Waals surface area contributed by atoms with Gasteiger partial charge in [0.05, 0.1) is 5.41 Å². The monoisotopic (exact) mass is 255 g/mol. The lowest BCUT2D eigenvalue weighted by molar-refractivity contribution is -0.133. The molecule has 0 spiro atoms.